The number of halogens is 1. The van der Waals surface area contributed by atoms with Crippen molar-refractivity contribution in [3.05, 3.63) is 70.6 Å². The van der Waals surface area contributed by atoms with Crippen LogP contribution < -0.4 is 5.69 Å². The van der Waals surface area contributed by atoms with Gasteiger partial charge in [-0.25, -0.2) is 4.79 Å². The van der Waals surface area contributed by atoms with Gasteiger partial charge in [0.25, 0.3) is 0 Å². The van der Waals surface area contributed by atoms with Gasteiger partial charge in [-0.05, 0) is 37.3 Å². The van der Waals surface area contributed by atoms with E-state index in [2.05, 4.69) is 6.58 Å². The monoisotopic (exact) mass is 284 g/mol. The van der Waals surface area contributed by atoms with Crippen LogP contribution in [0.5, 0.6) is 0 Å². The van der Waals surface area contributed by atoms with E-state index in [9.17, 15) is 4.79 Å². The Hall–Kier alpha value is -2.26. The number of rotatable bonds is 2. The van der Waals surface area contributed by atoms with Gasteiger partial charge < -0.3 is 0 Å². The highest BCUT2D eigenvalue weighted by Crippen LogP contribution is 2.21. The van der Waals surface area contributed by atoms with Gasteiger partial charge in [0.1, 0.15) is 0 Å². The summed E-state index contributed by atoms with van der Waals surface area (Å²) in [7, 11) is 0. The summed E-state index contributed by atoms with van der Waals surface area (Å²) in [6, 6.07) is 14.9. The minimum absolute atomic E-state index is 0.138. The van der Waals surface area contributed by atoms with Crippen LogP contribution in [0, 0.1) is 0 Å². The maximum Gasteiger partial charge on any atom is 0.338 e. The number of fused-ring (bicyclic) bond motifs is 1. The molecule has 0 amide bonds. The van der Waals surface area contributed by atoms with Gasteiger partial charge in [-0.2, -0.15) is 0 Å². The summed E-state index contributed by atoms with van der Waals surface area (Å²) in [6.07, 6.45) is 0. The molecule has 0 bridgehead atoms. The second-order valence-electron chi connectivity index (χ2n) is 4.66. The van der Waals surface area contributed by atoms with E-state index in [1.165, 1.54) is 0 Å². The molecule has 0 atom stereocenters. The van der Waals surface area contributed by atoms with Crippen LogP contribution in [0.2, 0.25) is 5.02 Å². The number of para-hydroxylation sites is 2. The Morgan fingerprint density at radius 1 is 1.10 bits per heavy atom. The minimum Gasteiger partial charge on any atom is -0.265 e. The molecule has 4 heteroatoms. The predicted octanol–water partition coefficient (Wildman–Crippen LogP) is 3.94. The third-order valence-electron chi connectivity index (χ3n) is 3.19. The Bertz CT molecular complexity index is 874. The van der Waals surface area contributed by atoms with E-state index in [4.69, 9.17) is 11.6 Å². The van der Waals surface area contributed by atoms with E-state index < -0.39 is 0 Å². The van der Waals surface area contributed by atoms with Crippen molar-refractivity contribution < 1.29 is 0 Å². The number of hydrogen-bond acceptors (Lipinski definition) is 1. The molecule has 3 aromatic rings. The first-order chi connectivity index (χ1) is 9.59. The van der Waals surface area contributed by atoms with Crippen LogP contribution in [-0.4, -0.2) is 9.13 Å². The second-order valence-corrected chi connectivity index (χ2v) is 5.09. The van der Waals surface area contributed by atoms with Gasteiger partial charge in [0.15, 0.2) is 0 Å². The normalized spacial score (nSPS) is 10.9. The SMILES string of the molecule is C=C(C)n1c(=O)n(-c2cccc(Cl)c2)c2ccccc21. The predicted molar refractivity (Wildman–Crippen MR) is 83.5 cm³/mol. The molecule has 0 spiro atoms. The van der Waals surface area contributed by atoms with Gasteiger partial charge in [-0.1, -0.05) is 36.4 Å². The Morgan fingerprint density at radius 3 is 2.45 bits per heavy atom. The Kier molecular flexibility index (Phi) is 2.99. The van der Waals surface area contributed by atoms with Gasteiger partial charge >= 0.3 is 5.69 Å². The van der Waals surface area contributed by atoms with Crippen molar-refractivity contribution in [1.29, 1.82) is 0 Å². The molecule has 0 aliphatic heterocycles. The van der Waals surface area contributed by atoms with Crippen molar-refractivity contribution in [2.24, 2.45) is 0 Å². The van der Waals surface area contributed by atoms with Crippen LogP contribution in [0.25, 0.3) is 22.4 Å². The number of aromatic nitrogens is 2. The van der Waals surface area contributed by atoms with Crippen LogP contribution in [-0.2, 0) is 0 Å². The second kappa shape index (κ2) is 4.69. The average Bonchev–Trinajstić information content (AvgIpc) is 2.70. The summed E-state index contributed by atoms with van der Waals surface area (Å²) in [4.78, 5) is 12.7. The van der Waals surface area contributed by atoms with Gasteiger partial charge in [0, 0.05) is 10.7 Å². The molecule has 1 heterocycles. The molecule has 3 rings (SSSR count). The summed E-state index contributed by atoms with van der Waals surface area (Å²) in [6.45, 7) is 5.70. The van der Waals surface area contributed by atoms with Crippen LogP contribution in [0.3, 0.4) is 0 Å². The molecule has 3 nitrogen and oxygen atoms in total. The minimum atomic E-state index is -0.138. The fraction of sp³-hybridized carbons (Fsp3) is 0.0625. The third kappa shape index (κ3) is 1.87. The zero-order valence-corrected chi connectivity index (χ0v) is 11.8. The van der Waals surface area contributed by atoms with Crippen molar-refractivity contribution in [2.45, 2.75) is 6.92 Å². The lowest BCUT2D eigenvalue weighted by atomic mass is 10.3. The number of allylic oxidation sites excluding steroid dienone is 1. The molecule has 0 saturated heterocycles. The molecule has 2 aromatic carbocycles. The van der Waals surface area contributed by atoms with Crippen molar-refractivity contribution in [3.8, 4) is 5.69 Å². The Balaban J connectivity index is 2.45. The highest BCUT2D eigenvalue weighted by molar-refractivity contribution is 6.30. The van der Waals surface area contributed by atoms with Gasteiger partial charge in [0.05, 0.1) is 16.7 Å². The topological polar surface area (TPSA) is 26.9 Å². The molecule has 0 aliphatic carbocycles. The highest BCUT2D eigenvalue weighted by Gasteiger charge is 2.14. The molecule has 0 aliphatic rings. The smallest absolute Gasteiger partial charge is 0.265 e. The summed E-state index contributed by atoms with van der Waals surface area (Å²) in [5.74, 6) is 0. The molecule has 0 fully saturated rings. The molecule has 0 saturated carbocycles. The van der Waals surface area contributed by atoms with Crippen LogP contribution in [0.15, 0.2) is 59.9 Å². The molecule has 0 unspecified atom stereocenters. The van der Waals surface area contributed by atoms with Crippen LogP contribution >= 0.6 is 11.6 Å². The van der Waals surface area contributed by atoms with E-state index in [0.29, 0.717) is 10.7 Å². The highest BCUT2D eigenvalue weighted by atomic mass is 35.5. The molecule has 0 N–H and O–H groups in total. The van der Waals surface area contributed by atoms with Gasteiger partial charge in [0.2, 0.25) is 0 Å². The molecule has 1 aromatic heterocycles. The van der Waals surface area contributed by atoms with E-state index >= 15 is 0 Å². The van der Waals surface area contributed by atoms with E-state index in [0.717, 1.165) is 16.7 Å². The van der Waals surface area contributed by atoms with Crippen LogP contribution in [0.1, 0.15) is 6.92 Å². The first kappa shape index (κ1) is 12.8. The molecular weight excluding hydrogens is 272 g/mol. The summed E-state index contributed by atoms with van der Waals surface area (Å²) in [5.41, 5.74) is 2.97. The Morgan fingerprint density at radius 2 is 1.80 bits per heavy atom. The number of imidazole rings is 1. The molecule has 20 heavy (non-hydrogen) atoms. The first-order valence-corrected chi connectivity index (χ1v) is 6.61. The zero-order valence-electron chi connectivity index (χ0n) is 11.0. The standard InChI is InChI=1S/C16H13ClN2O/c1-11(2)18-14-8-3-4-9-15(14)19(16(18)20)13-7-5-6-12(17)10-13/h3-10H,1H2,2H3. The quantitative estimate of drug-likeness (QED) is 0.700. The maximum atomic E-state index is 12.7. The summed E-state index contributed by atoms with van der Waals surface area (Å²) in [5, 5.41) is 0.599. The van der Waals surface area contributed by atoms with Crippen molar-refractivity contribution in [1.82, 2.24) is 9.13 Å². The van der Waals surface area contributed by atoms with E-state index in [1.807, 2.05) is 43.3 Å². The van der Waals surface area contributed by atoms with Gasteiger partial charge in [-0.3, -0.25) is 9.13 Å². The Labute approximate surface area is 121 Å². The fourth-order valence-electron chi connectivity index (χ4n) is 2.38. The third-order valence-corrected chi connectivity index (χ3v) is 3.43. The van der Waals surface area contributed by atoms with Crippen LogP contribution in [0.4, 0.5) is 0 Å². The summed E-state index contributed by atoms with van der Waals surface area (Å²) < 4.78 is 3.26. The number of nitrogens with zero attached hydrogens (tertiary/aromatic N) is 2. The molecule has 0 radical (unpaired) electrons. The summed E-state index contributed by atoms with van der Waals surface area (Å²) >= 11 is 6.03. The lowest BCUT2D eigenvalue weighted by molar-refractivity contribution is 0.941. The maximum absolute atomic E-state index is 12.7. The lowest BCUT2D eigenvalue weighted by Gasteiger charge is -2.03. The van der Waals surface area contributed by atoms with Crippen molar-refractivity contribution in [2.75, 3.05) is 0 Å². The average molecular weight is 285 g/mol. The zero-order chi connectivity index (χ0) is 14.3. The number of benzene rings is 2. The largest absolute Gasteiger partial charge is 0.338 e. The van der Waals surface area contributed by atoms with E-state index in [1.54, 1.807) is 21.3 Å². The van der Waals surface area contributed by atoms with E-state index in [-0.39, 0.29) is 5.69 Å². The fourth-order valence-corrected chi connectivity index (χ4v) is 2.57. The molecule has 100 valence electrons. The van der Waals surface area contributed by atoms with Crippen molar-refractivity contribution >= 4 is 28.3 Å². The molecular formula is C16H13ClN2O. The van der Waals surface area contributed by atoms with Crippen molar-refractivity contribution in [3.63, 3.8) is 0 Å². The van der Waals surface area contributed by atoms with Gasteiger partial charge in [-0.15, -0.1) is 0 Å². The number of hydrogen-bond donors (Lipinski definition) is 0. The lowest BCUT2D eigenvalue weighted by Crippen LogP contribution is -2.21. The first-order valence-electron chi connectivity index (χ1n) is 6.24.